The highest BCUT2D eigenvalue weighted by atomic mass is 16.5. The predicted molar refractivity (Wildman–Crippen MR) is 140 cm³/mol. The van der Waals surface area contributed by atoms with Crippen LogP contribution in [0.5, 0.6) is 17.2 Å². The summed E-state index contributed by atoms with van der Waals surface area (Å²) < 4.78 is 19.0. The third-order valence-electron chi connectivity index (χ3n) is 6.66. The van der Waals surface area contributed by atoms with Crippen LogP contribution in [0, 0.1) is 6.92 Å². The Morgan fingerprint density at radius 2 is 1.78 bits per heavy atom. The maximum Gasteiger partial charge on any atom is 0.307 e. The molecule has 0 spiro atoms. The molecule has 8 nitrogen and oxygen atoms in total. The molecule has 0 radical (unpaired) electrons. The Balaban J connectivity index is 1.30. The molecule has 5 rings (SSSR count). The van der Waals surface area contributed by atoms with Crippen molar-refractivity contribution in [1.29, 1.82) is 0 Å². The fourth-order valence-corrected chi connectivity index (χ4v) is 4.82. The Labute approximate surface area is 214 Å². The van der Waals surface area contributed by atoms with Crippen molar-refractivity contribution >= 4 is 28.5 Å². The van der Waals surface area contributed by atoms with Gasteiger partial charge in [0.1, 0.15) is 30.0 Å². The first kappa shape index (κ1) is 24.2. The number of aromatic nitrogens is 1. The quantitative estimate of drug-likeness (QED) is 0.398. The van der Waals surface area contributed by atoms with Gasteiger partial charge in [0.15, 0.2) is 0 Å². The molecular weight excluding hydrogens is 472 g/mol. The molecule has 1 aliphatic heterocycles. The summed E-state index contributed by atoms with van der Waals surface area (Å²) in [6.07, 6.45) is -0.317. The number of para-hydroxylation sites is 1. The van der Waals surface area contributed by atoms with Crippen molar-refractivity contribution in [2.24, 2.45) is 0 Å². The largest absolute Gasteiger partial charge is 0.497 e. The second kappa shape index (κ2) is 9.89. The monoisotopic (exact) mass is 500 g/mol. The van der Waals surface area contributed by atoms with Crippen LogP contribution in [0.15, 0.2) is 66.7 Å². The third-order valence-corrected chi connectivity index (χ3v) is 6.66. The molecule has 0 unspecified atom stereocenters. The average Bonchev–Trinajstić information content (AvgIpc) is 3.17. The number of aliphatic carboxylic acids is 1. The zero-order valence-corrected chi connectivity index (χ0v) is 20.9. The number of hydrogen-bond donors (Lipinski definition) is 1. The van der Waals surface area contributed by atoms with Crippen LogP contribution in [0.4, 0.5) is 5.69 Å². The van der Waals surface area contributed by atoms with Crippen molar-refractivity contribution in [2.45, 2.75) is 19.4 Å². The zero-order chi connectivity index (χ0) is 26.1. The molecule has 0 aliphatic carbocycles. The first-order chi connectivity index (χ1) is 17.9. The van der Waals surface area contributed by atoms with Crippen molar-refractivity contribution in [1.82, 2.24) is 4.57 Å². The van der Waals surface area contributed by atoms with Gasteiger partial charge in [0.05, 0.1) is 31.3 Å². The van der Waals surface area contributed by atoms with E-state index in [-0.39, 0.29) is 18.4 Å². The SMILES string of the molecule is COc1ccc2c(c1)O[C@H](COc1ccc(C(=O)n3c(C)c(CC(=O)O)c4ccccc43)cc1)CN2C. The number of rotatable bonds is 7. The van der Waals surface area contributed by atoms with Crippen LogP contribution in [0.2, 0.25) is 0 Å². The summed E-state index contributed by atoms with van der Waals surface area (Å²) in [6.45, 7) is 2.80. The van der Waals surface area contributed by atoms with Crippen molar-refractivity contribution in [2.75, 3.05) is 32.2 Å². The minimum atomic E-state index is -0.935. The van der Waals surface area contributed by atoms with E-state index in [4.69, 9.17) is 14.2 Å². The molecule has 1 aromatic heterocycles. The number of carboxylic acid groups (broad SMARTS) is 1. The van der Waals surface area contributed by atoms with E-state index in [1.54, 1.807) is 42.9 Å². The smallest absolute Gasteiger partial charge is 0.307 e. The molecule has 0 saturated carbocycles. The summed E-state index contributed by atoms with van der Waals surface area (Å²) in [5.74, 6) is 0.948. The standard InChI is InChI=1S/C29H28N2O6/c1-18-24(15-28(32)33)23-6-4-5-7-25(23)31(18)29(34)19-8-10-20(11-9-19)36-17-22-16-30(2)26-13-12-21(35-3)14-27(26)37-22/h4-14,22H,15-17H2,1-3H3,(H,32,33)/t22-/m0/s1. The van der Waals surface area contributed by atoms with Crippen LogP contribution < -0.4 is 19.1 Å². The fourth-order valence-electron chi connectivity index (χ4n) is 4.82. The molecule has 190 valence electrons. The van der Waals surface area contributed by atoms with E-state index in [2.05, 4.69) is 4.90 Å². The number of ether oxygens (including phenoxy) is 3. The van der Waals surface area contributed by atoms with Gasteiger partial charge in [-0.15, -0.1) is 0 Å². The molecule has 1 N–H and O–H groups in total. The minimum Gasteiger partial charge on any atom is -0.497 e. The normalized spacial score (nSPS) is 14.7. The molecule has 0 amide bonds. The maximum atomic E-state index is 13.4. The van der Waals surface area contributed by atoms with E-state index < -0.39 is 5.97 Å². The maximum absolute atomic E-state index is 13.4. The summed E-state index contributed by atoms with van der Waals surface area (Å²) in [7, 11) is 3.63. The van der Waals surface area contributed by atoms with Gasteiger partial charge in [-0.05, 0) is 55.0 Å². The van der Waals surface area contributed by atoms with E-state index in [0.29, 0.717) is 41.2 Å². The predicted octanol–water partition coefficient (Wildman–Crippen LogP) is 4.55. The first-order valence-corrected chi connectivity index (χ1v) is 12.0. The summed E-state index contributed by atoms with van der Waals surface area (Å²) in [5.41, 5.74) is 3.45. The number of carboxylic acids is 1. The van der Waals surface area contributed by atoms with Gasteiger partial charge in [-0.2, -0.15) is 0 Å². The van der Waals surface area contributed by atoms with Gasteiger partial charge in [0, 0.05) is 29.8 Å². The summed E-state index contributed by atoms with van der Waals surface area (Å²) in [4.78, 5) is 27.0. The molecule has 0 bridgehead atoms. The Hall–Kier alpha value is -4.46. The highest BCUT2D eigenvalue weighted by Crippen LogP contribution is 2.36. The first-order valence-electron chi connectivity index (χ1n) is 12.0. The van der Waals surface area contributed by atoms with Crippen LogP contribution in [0.1, 0.15) is 21.6 Å². The molecule has 8 heteroatoms. The number of hydrogen-bond acceptors (Lipinski definition) is 6. The van der Waals surface area contributed by atoms with Gasteiger partial charge in [-0.1, -0.05) is 18.2 Å². The number of likely N-dealkylation sites (N-methyl/N-ethyl adjacent to an activating group) is 1. The lowest BCUT2D eigenvalue weighted by atomic mass is 10.1. The van der Waals surface area contributed by atoms with Crippen molar-refractivity contribution < 1.29 is 28.9 Å². The Bertz CT molecular complexity index is 1470. The fraction of sp³-hybridized carbons (Fsp3) is 0.241. The molecular formula is C29H28N2O6. The van der Waals surface area contributed by atoms with Gasteiger partial charge in [-0.25, -0.2) is 0 Å². The molecule has 1 aliphatic rings. The molecule has 37 heavy (non-hydrogen) atoms. The minimum absolute atomic E-state index is 0.144. The van der Waals surface area contributed by atoms with E-state index >= 15 is 0 Å². The van der Waals surface area contributed by atoms with Crippen LogP contribution in [-0.4, -0.2) is 55.0 Å². The van der Waals surface area contributed by atoms with Crippen molar-refractivity contribution in [3.63, 3.8) is 0 Å². The Morgan fingerprint density at radius 3 is 2.51 bits per heavy atom. The molecule has 2 heterocycles. The number of methoxy groups -OCH3 is 1. The number of benzene rings is 3. The van der Waals surface area contributed by atoms with Gasteiger partial charge in [0.2, 0.25) is 0 Å². The van der Waals surface area contributed by atoms with Gasteiger partial charge >= 0.3 is 5.97 Å². The van der Waals surface area contributed by atoms with E-state index in [1.165, 1.54) is 0 Å². The number of anilines is 1. The second-order valence-corrected chi connectivity index (χ2v) is 9.08. The highest BCUT2D eigenvalue weighted by molar-refractivity contribution is 6.04. The van der Waals surface area contributed by atoms with Crippen LogP contribution in [0.3, 0.4) is 0 Å². The van der Waals surface area contributed by atoms with Crippen molar-refractivity contribution in [3.05, 3.63) is 83.6 Å². The van der Waals surface area contributed by atoms with Gasteiger partial charge < -0.3 is 24.2 Å². The summed E-state index contributed by atoms with van der Waals surface area (Å²) >= 11 is 0. The lowest BCUT2D eigenvalue weighted by Gasteiger charge is -2.33. The average molecular weight is 501 g/mol. The number of carbonyl (C=O) groups excluding carboxylic acids is 1. The number of fused-ring (bicyclic) bond motifs is 2. The second-order valence-electron chi connectivity index (χ2n) is 9.08. The van der Waals surface area contributed by atoms with E-state index in [0.717, 1.165) is 22.6 Å². The van der Waals surface area contributed by atoms with Crippen LogP contribution in [0.25, 0.3) is 10.9 Å². The van der Waals surface area contributed by atoms with Gasteiger partial charge in [0.25, 0.3) is 5.91 Å². The molecule has 4 aromatic rings. The number of nitrogens with zero attached hydrogens (tertiary/aromatic N) is 2. The lowest BCUT2D eigenvalue weighted by Crippen LogP contribution is -2.41. The topological polar surface area (TPSA) is 90.2 Å². The highest BCUT2D eigenvalue weighted by Gasteiger charge is 2.25. The summed E-state index contributed by atoms with van der Waals surface area (Å²) in [5, 5.41) is 10.1. The zero-order valence-electron chi connectivity index (χ0n) is 20.9. The van der Waals surface area contributed by atoms with Crippen LogP contribution >= 0.6 is 0 Å². The Kier molecular flexibility index (Phi) is 6.48. The van der Waals surface area contributed by atoms with Crippen molar-refractivity contribution in [3.8, 4) is 17.2 Å². The molecule has 0 fully saturated rings. The lowest BCUT2D eigenvalue weighted by molar-refractivity contribution is -0.136. The van der Waals surface area contributed by atoms with Gasteiger partial charge in [-0.3, -0.25) is 14.2 Å². The van der Waals surface area contributed by atoms with E-state index in [1.807, 2.05) is 49.5 Å². The molecule has 3 aromatic carbocycles. The molecule has 1 atom stereocenters. The molecule has 0 saturated heterocycles. The van der Waals surface area contributed by atoms with Crippen LogP contribution in [-0.2, 0) is 11.2 Å². The Morgan fingerprint density at radius 1 is 1.05 bits per heavy atom. The third kappa shape index (κ3) is 4.70. The van der Waals surface area contributed by atoms with E-state index in [9.17, 15) is 14.7 Å². The summed E-state index contributed by atoms with van der Waals surface area (Å²) in [6, 6.07) is 20.1. The number of carbonyl (C=O) groups is 2.